The number of carbonyl (C=O) groups is 1. The Labute approximate surface area is 227 Å². The zero-order chi connectivity index (χ0) is 27.4. The van der Waals surface area contributed by atoms with Crippen LogP contribution in [0.5, 0.6) is 11.6 Å². The second-order valence-electron chi connectivity index (χ2n) is 10.1. The summed E-state index contributed by atoms with van der Waals surface area (Å²) in [5.41, 5.74) is 2.03. The number of pyridine rings is 1. The van der Waals surface area contributed by atoms with E-state index in [9.17, 15) is 15.0 Å². The molecule has 1 fully saturated rings. The maximum Gasteiger partial charge on any atom is 0.342 e. The van der Waals surface area contributed by atoms with Gasteiger partial charge in [0.1, 0.15) is 22.7 Å². The number of aliphatic hydroxyl groups is 1. The molecule has 1 saturated carbocycles. The summed E-state index contributed by atoms with van der Waals surface area (Å²) in [6.45, 7) is 4.44. The topological polar surface area (TPSA) is 114 Å². The van der Waals surface area contributed by atoms with Crippen molar-refractivity contribution in [1.82, 2.24) is 10.3 Å². The van der Waals surface area contributed by atoms with Gasteiger partial charge in [0, 0.05) is 40.5 Å². The number of carbonyl (C=O) groups excluding carboxylic acids is 1. The first kappa shape index (κ1) is 27.0. The fourth-order valence-electron chi connectivity index (χ4n) is 5.71. The minimum Gasteiger partial charge on any atom is -0.507 e. The van der Waals surface area contributed by atoms with E-state index in [2.05, 4.69) is 10.3 Å². The molecule has 5 rings (SSSR count). The van der Waals surface area contributed by atoms with E-state index in [-0.39, 0.29) is 31.1 Å². The molecule has 0 spiro atoms. The molecular formula is C31H36N2O6. The van der Waals surface area contributed by atoms with Crippen LogP contribution in [0.15, 0.2) is 47.0 Å². The highest BCUT2D eigenvalue weighted by Gasteiger charge is 2.31. The van der Waals surface area contributed by atoms with Gasteiger partial charge in [-0.2, -0.15) is 0 Å². The Kier molecular flexibility index (Phi) is 8.33. The van der Waals surface area contributed by atoms with Crippen LogP contribution in [0.1, 0.15) is 72.3 Å². The molecule has 0 aliphatic heterocycles. The maximum atomic E-state index is 13.1. The summed E-state index contributed by atoms with van der Waals surface area (Å²) in [4.78, 5) is 17.6. The van der Waals surface area contributed by atoms with Gasteiger partial charge in [0.2, 0.25) is 5.88 Å². The molecule has 2 aromatic carbocycles. The Morgan fingerprint density at radius 2 is 1.95 bits per heavy atom. The van der Waals surface area contributed by atoms with Crippen LogP contribution in [0, 0.1) is 12.8 Å². The fraction of sp³-hybridized carbons (Fsp3) is 0.419. The first-order chi connectivity index (χ1) is 19.0. The number of nitrogens with zero attached hydrogens (tertiary/aromatic N) is 1. The van der Waals surface area contributed by atoms with Gasteiger partial charge in [-0.15, -0.1) is 0 Å². The summed E-state index contributed by atoms with van der Waals surface area (Å²) < 4.78 is 17.7. The van der Waals surface area contributed by atoms with E-state index < -0.39 is 12.0 Å². The second-order valence-corrected chi connectivity index (χ2v) is 10.1. The molecule has 1 aliphatic rings. The van der Waals surface area contributed by atoms with Gasteiger partial charge in [-0.3, -0.25) is 0 Å². The predicted molar refractivity (Wildman–Crippen MR) is 149 cm³/mol. The lowest BCUT2D eigenvalue weighted by atomic mass is 9.90. The Bertz CT molecular complexity index is 1460. The quantitative estimate of drug-likeness (QED) is 0.220. The molecule has 0 saturated heterocycles. The predicted octanol–water partition coefficient (Wildman–Crippen LogP) is 5.80. The van der Waals surface area contributed by atoms with E-state index in [0.717, 1.165) is 5.56 Å². The Hall–Kier alpha value is -3.62. The molecule has 3 N–H and O–H groups in total. The first-order valence-electron chi connectivity index (χ1n) is 13.8. The standard InChI is InChI=1S/C31H36N2O6/c1-3-37-31(36)25-19(2)39-30-23-12-8-7-11-22(23)29(35)27(26(25)30)28(33-15-16-34)21-13-14-32-24(17-21)38-18-20-9-5-4-6-10-20/h7-8,11-14,17,20,28,33-35H,3-6,9-10,15-16,18H2,1-2H3. The molecule has 1 unspecified atom stereocenters. The molecular weight excluding hydrogens is 496 g/mol. The fourth-order valence-corrected chi connectivity index (χ4v) is 5.71. The number of ether oxygens (including phenoxy) is 2. The van der Waals surface area contributed by atoms with E-state index in [1.165, 1.54) is 32.1 Å². The van der Waals surface area contributed by atoms with Crippen LogP contribution < -0.4 is 10.1 Å². The van der Waals surface area contributed by atoms with Gasteiger partial charge >= 0.3 is 5.97 Å². The lowest BCUT2D eigenvalue weighted by Crippen LogP contribution is -2.26. The van der Waals surface area contributed by atoms with Crippen LogP contribution in [0.25, 0.3) is 21.7 Å². The minimum atomic E-state index is -0.602. The molecule has 2 heterocycles. The van der Waals surface area contributed by atoms with Crippen LogP contribution in [0.4, 0.5) is 0 Å². The van der Waals surface area contributed by atoms with Crippen molar-refractivity contribution in [3.8, 4) is 11.6 Å². The monoisotopic (exact) mass is 532 g/mol. The Morgan fingerprint density at radius 1 is 1.18 bits per heavy atom. The summed E-state index contributed by atoms with van der Waals surface area (Å²) in [6, 6.07) is 10.5. The van der Waals surface area contributed by atoms with E-state index in [0.29, 0.717) is 51.5 Å². The molecule has 0 amide bonds. The Balaban J connectivity index is 1.66. The lowest BCUT2D eigenvalue weighted by Gasteiger charge is -2.24. The number of aliphatic hydroxyl groups excluding tert-OH is 1. The van der Waals surface area contributed by atoms with Gasteiger partial charge in [-0.25, -0.2) is 9.78 Å². The average molecular weight is 533 g/mol. The SMILES string of the molecule is CCOC(=O)c1c(C)oc2c1c(C(NCCO)c1ccnc(OCC3CCCCC3)c1)c(O)c1ccccc12. The van der Waals surface area contributed by atoms with Crippen LogP contribution in [0.3, 0.4) is 0 Å². The van der Waals surface area contributed by atoms with Crippen molar-refractivity contribution in [2.24, 2.45) is 5.92 Å². The molecule has 8 nitrogen and oxygen atoms in total. The Morgan fingerprint density at radius 3 is 2.69 bits per heavy atom. The number of furan rings is 1. The van der Waals surface area contributed by atoms with Crippen molar-refractivity contribution in [3.63, 3.8) is 0 Å². The summed E-state index contributed by atoms with van der Waals surface area (Å²) in [5, 5.41) is 26.6. The van der Waals surface area contributed by atoms with Gasteiger partial charge in [-0.05, 0) is 44.2 Å². The summed E-state index contributed by atoms with van der Waals surface area (Å²) in [5.74, 6) is 0.947. The number of phenolic OH excluding ortho intramolecular Hbond substituents is 1. The smallest absolute Gasteiger partial charge is 0.342 e. The highest BCUT2D eigenvalue weighted by atomic mass is 16.5. The average Bonchev–Trinajstić information content (AvgIpc) is 3.31. The molecule has 1 aliphatic carbocycles. The van der Waals surface area contributed by atoms with E-state index in [1.54, 1.807) is 20.0 Å². The number of esters is 1. The highest BCUT2D eigenvalue weighted by molar-refractivity contribution is 6.16. The molecule has 4 aromatic rings. The number of rotatable bonds is 10. The minimum absolute atomic E-state index is 0.0291. The molecule has 0 radical (unpaired) electrons. The number of hydrogen-bond donors (Lipinski definition) is 3. The van der Waals surface area contributed by atoms with Crippen LogP contribution in [0.2, 0.25) is 0 Å². The number of benzene rings is 2. The highest BCUT2D eigenvalue weighted by Crippen LogP contribution is 2.45. The summed E-state index contributed by atoms with van der Waals surface area (Å²) in [6.07, 6.45) is 7.77. The number of hydrogen-bond acceptors (Lipinski definition) is 8. The zero-order valence-electron chi connectivity index (χ0n) is 22.5. The van der Waals surface area contributed by atoms with Crippen molar-refractivity contribution >= 4 is 27.7 Å². The number of aromatic hydroxyl groups is 1. The third kappa shape index (κ3) is 5.44. The van der Waals surface area contributed by atoms with Gasteiger partial charge < -0.3 is 29.4 Å². The zero-order valence-corrected chi connectivity index (χ0v) is 22.5. The summed E-state index contributed by atoms with van der Waals surface area (Å²) in [7, 11) is 0. The number of nitrogens with one attached hydrogen (secondary N) is 1. The third-order valence-corrected chi connectivity index (χ3v) is 7.55. The number of aryl methyl sites for hydroxylation is 1. The van der Waals surface area contributed by atoms with E-state index in [1.807, 2.05) is 36.4 Å². The molecule has 0 bridgehead atoms. The van der Waals surface area contributed by atoms with E-state index >= 15 is 0 Å². The molecule has 8 heteroatoms. The van der Waals surface area contributed by atoms with Crippen molar-refractivity contribution in [2.75, 3.05) is 26.4 Å². The summed E-state index contributed by atoms with van der Waals surface area (Å²) >= 11 is 0. The van der Waals surface area contributed by atoms with Crippen molar-refractivity contribution in [1.29, 1.82) is 0 Å². The number of aromatic nitrogens is 1. The number of fused-ring (bicyclic) bond motifs is 3. The van der Waals surface area contributed by atoms with Crippen LogP contribution in [-0.2, 0) is 4.74 Å². The second kappa shape index (κ2) is 12.1. The molecule has 2 aromatic heterocycles. The lowest BCUT2D eigenvalue weighted by molar-refractivity contribution is 0.0526. The van der Waals surface area contributed by atoms with Crippen molar-refractivity contribution in [3.05, 3.63) is 65.0 Å². The molecule has 1 atom stereocenters. The van der Waals surface area contributed by atoms with E-state index in [4.69, 9.17) is 13.9 Å². The largest absolute Gasteiger partial charge is 0.507 e. The number of phenols is 1. The van der Waals surface area contributed by atoms with Crippen molar-refractivity contribution in [2.45, 2.75) is 52.0 Å². The van der Waals surface area contributed by atoms with Crippen LogP contribution in [-0.4, -0.2) is 47.5 Å². The van der Waals surface area contributed by atoms with Crippen LogP contribution >= 0.6 is 0 Å². The van der Waals surface area contributed by atoms with Crippen molar-refractivity contribution < 1.29 is 28.9 Å². The van der Waals surface area contributed by atoms with Gasteiger partial charge in [0.25, 0.3) is 0 Å². The third-order valence-electron chi connectivity index (χ3n) is 7.55. The van der Waals surface area contributed by atoms with Gasteiger partial charge in [-0.1, -0.05) is 43.5 Å². The molecule has 39 heavy (non-hydrogen) atoms. The maximum absolute atomic E-state index is 13.1. The normalized spacial score (nSPS) is 15.1. The van der Waals surface area contributed by atoms with Gasteiger partial charge in [0.15, 0.2) is 0 Å². The molecule has 206 valence electrons. The first-order valence-corrected chi connectivity index (χ1v) is 13.8. The van der Waals surface area contributed by atoms with Gasteiger partial charge in [0.05, 0.1) is 25.9 Å².